The maximum absolute atomic E-state index is 14.9. The molecular formula is C18H25F3N2O3. The summed E-state index contributed by atoms with van der Waals surface area (Å²) in [5.74, 6) is -4.68. The fourth-order valence-electron chi connectivity index (χ4n) is 2.69. The third kappa shape index (κ3) is 4.48. The highest BCUT2D eigenvalue weighted by Gasteiger charge is 2.48. The van der Waals surface area contributed by atoms with E-state index in [1.807, 2.05) is 0 Å². The standard InChI is InChI=1S/C18H25F3N2O3/c1-11(22)12-6-5-7-13(15(12)19)18(20,21)14-10-23(8-9-25-14)16(24)26-17(2,3)4/h5-7,11,14H,8-10,22H2,1-4H3/t11-,14?/m1/s1. The monoisotopic (exact) mass is 374 g/mol. The molecule has 1 aliphatic heterocycles. The number of alkyl halides is 2. The van der Waals surface area contributed by atoms with E-state index in [9.17, 15) is 18.0 Å². The number of hydrogen-bond acceptors (Lipinski definition) is 4. The predicted octanol–water partition coefficient (Wildman–Crippen LogP) is 3.57. The van der Waals surface area contributed by atoms with Crippen LogP contribution in [0.4, 0.5) is 18.0 Å². The molecule has 0 saturated carbocycles. The van der Waals surface area contributed by atoms with Crippen molar-refractivity contribution in [2.45, 2.75) is 51.4 Å². The molecule has 1 heterocycles. The Kier molecular flexibility index (Phi) is 5.87. The Morgan fingerprint density at radius 2 is 2.04 bits per heavy atom. The molecule has 26 heavy (non-hydrogen) atoms. The molecule has 8 heteroatoms. The number of carbonyl (C=O) groups is 1. The van der Waals surface area contributed by atoms with Gasteiger partial charge in [-0.25, -0.2) is 9.18 Å². The Morgan fingerprint density at radius 3 is 2.62 bits per heavy atom. The van der Waals surface area contributed by atoms with Crippen LogP contribution in [0.5, 0.6) is 0 Å². The van der Waals surface area contributed by atoms with Crippen LogP contribution in [0.2, 0.25) is 0 Å². The highest BCUT2D eigenvalue weighted by Crippen LogP contribution is 2.38. The largest absolute Gasteiger partial charge is 0.444 e. The number of amides is 1. The summed E-state index contributed by atoms with van der Waals surface area (Å²) in [5.41, 5.74) is 4.11. The zero-order valence-corrected chi connectivity index (χ0v) is 15.4. The molecule has 0 aliphatic carbocycles. The summed E-state index contributed by atoms with van der Waals surface area (Å²) in [6.45, 7) is 6.22. The third-order valence-corrected chi connectivity index (χ3v) is 4.00. The maximum Gasteiger partial charge on any atom is 0.410 e. The van der Waals surface area contributed by atoms with E-state index in [1.165, 1.54) is 19.1 Å². The molecule has 1 aromatic rings. The predicted molar refractivity (Wildman–Crippen MR) is 90.4 cm³/mol. The molecule has 1 amide bonds. The van der Waals surface area contributed by atoms with Gasteiger partial charge in [-0.3, -0.25) is 0 Å². The topological polar surface area (TPSA) is 64.8 Å². The number of rotatable bonds is 3. The number of nitrogens with two attached hydrogens (primary N) is 1. The Morgan fingerprint density at radius 1 is 1.38 bits per heavy atom. The zero-order valence-electron chi connectivity index (χ0n) is 15.4. The number of ether oxygens (including phenoxy) is 2. The first-order chi connectivity index (χ1) is 11.9. The van der Waals surface area contributed by atoms with E-state index in [2.05, 4.69) is 0 Å². The highest BCUT2D eigenvalue weighted by atomic mass is 19.3. The summed E-state index contributed by atoms with van der Waals surface area (Å²) in [5, 5.41) is 0. The van der Waals surface area contributed by atoms with E-state index in [0.29, 0.717) is 0 Å². The minimum atomic E-state index is -3.63. The molecule has 1 aliphatic rings. The number of carbonyl (C=O) groups excluding carboxylic acids is 1. The van der Waals surface area contributed by atoms with E-state index < -0.39 is 47.7 Å². The van der Waals surface area contributed by atoms with Gasteiger partial charge in [0.2, 0.25) is 0 Å². The Labute approximate surface area is 151 Å². The van der Waals surface area contributed by atoms with Gasteiger partial charge in [0, 0.05) is 18.2 Å². The minimum Gasteiger partial charge on any atom is -0.444 e. The lowest BCUT2D eigenvalue weighted by molar-refractivity contribution is -0.171. The highest BCUT2D eigenvalue weighted by molar-refractivity contribution is 5.68. The van der Waals surface area contributed by atoms with Crippen molar-refractivity contribution < 1.29 is 27.4 Å². The second kappa shape index (κ2) is 7.44. The van der Waals surface area contributed by atoms with Crippen LogP contribution in [0.15, 0.2) is 18.2 Å². The van der Waals surface area contributed by atoms with Gasteiger partial charge in [0.05, 0.1) is 18.7 Å². The van der Waals surface area contributed by atoms with E-state index in [1.54, 1.807) is 20.8 Å². The lowest BCUT2D eigenvalue weighted by Gasteiger charge is -2.37. The van der Waals surface area contributed by atoms with E-state index in [4.69, 9.17) is 15.2 Å². The quantitative estimate of drug-likeness (QED) is 0.878. The second-order valence-electron chi connectivity index (χ2n) is 7.41. The van der Waals surface area contributed by atoms with E-state index in [0.717, 1.165) is 11.0 Å². The zero-order chi connectivity index (χ0) is 19.7. The van der Waals surface area contributed by atoms with Gasteiger partial charge in [0.1, 0.15) is 17.5 Å². The van der Waals surface area contributed by atoms with Crippen LogP contribution in [0.3, 0.4) is 0 Å². The summed E-state index contributed by atoms with van der Waals surface area (Å²) in [6, 6.07) is 2.99. The van der Waals surface area contributed by atoms with Crippen molar-refractivity contribution in [3.8, 4) is 0 Å². The normalized spacial score (nSPS) is 20.0. The van der Waals surface area contributed by atoms with Crippen molar-refractivity contribution in [3.05, 3.63) is 35.1 Å². The Bertz CT molecular complexity index is 660. The molecule has 146 valence electrons. The van der Waals surface area contributed by atoms with Crippen LogP contribution >= 0.6 is 0 Å². The molecule has 0 radical (unpaired) electrons. The van der Waals surface area contributed by atoms with Crippen LogP contribution < -0.4 is 5.73 Å². The Hall–Kier alpha value is -1.80. The van der Waals surface area contributed by atoms with Crippen molar-refractivity contribution in [1.29, 1.82) is 0 Å². The van der Waals surface area contributed by atoms with Gasteiger partial charge >= 0.3 is 12.0 Å². The van der Waals surface area contributed by atoms with Gasteiger partial charge in [0.25, 0.3) is 0 Å². The first kappa shape index (κ1) is 20.5. The number of benzene rings is 1. The minimum absolute atomic E-state index is 0.00184. The lowest BCUT2D eigenvalue weighted by Crippen LogP contribution is -2.52. The fraction of sp³-hybridized carbons (Fsp3) is 0.611. The summed E-state index contributed by atoms with van der Waals surface area (Å²) < 4.78 is 54.8. The molecule has 2 rings (SSSR count). The Balaban J connectivity index is 2.24. The fourth-order valence-corrected chi connectivity index (χ4v) is 2.69. The molecule has 1 fully saturated rings. The van der Waals surface area contributed by atoms with Crippen LogP contribution in [0.1, 0.15) is 44.9 Å². The van der Waals surface area contributed by atoms with Gasteiger partial charge < -0.3 is 20.1 Å². The average molecular weight is 374 g/mol. The summed E-state index contributed by atoms with van der Waals surface area (Å²) in [4.78, 5) is 13.3. The molecule has 1 aromatic carbocycles. The molecule has 1 saturated heterocycles. The molecule has 2 atom stereocenters. The molecule has 0 aromatic heterocycles. The molecule has 0 spiro atoms. The van der Waals surface area contributed by atoms with Crippen LogP contribution in [-0.2, 0) is 15.4 Å². The maximum atomic E-state index is 14.9. The third-order valence-electron chi connectivity index (χ3n) is 4.00. The van der Waals surface area contributed by atoms with Crippen LogP contribution in [0, 0.1) is 5.82 Å². The van der Waals surface area contributed by atoms with Crippen molar-refractivity contribution in [2.24, 2.45) is 5.73 Å². The second-order valence-corrected chi connectivity index (χ2v) is 7.41. The van der Waals surface area contributed by atoms with Gasteiger partial charge in [0.15, 0.2) is 0 Å². The lowest BCUT2D eigenvalue weighted by atomic mass is 9.96. The van der Waals surface area contributed by atoms with E-state index in [-0.39, 0.29) is 18.7 Å². The van der Waals surface area contributed by atoms with Gasteiger partial charge in [-0.05, 0) is 33.8 Å². The molecule has 1 unspecified atom stereocenters. The number of nitrogens with zero attached hydrogens (tertiary/aromatic N) is 1. The number of morpholine rings is 1. The van der Waals surface area contributed by atoms with Gasteiger partial charge in [-0.2, -0.15) is 8.78 Å². The van der Waals surface area contributed by atoms with Crippen molar-refractivity contribution in [3.63, 3.8) is 0 Å². The number of hydrogen-bond donors (Lipinski definition) is 1. The van der Waals surface area contributed by atoms with Crippen LogP contribution in [-0.4, -0.2) is 42.4 Å². The summed E-state index contributed by atoms with van der Waals surface area (Å²) >= 11 is 0. The molecule has 0 bridgehead atoms. The van der Waals surface area contributed by atoms with Crippen molar-refractivity contribution >= 4 is 6.09 Å². The molecule has 5 nitrogen and oxygen atoms in total. The van der Waals surface area contributed by atoms with Gasteiger partial charge in [-0.15, -0.1) is 0 Å². The van der Waals surface area contributed by atoms with E-state index >= 15 is 0 Å². The molecule has 2 N–H and O–H groups in total. The van der Waals surface area contributed by atoms with Crippen LogP contribution in [0.25, 0.3) is 0 Å². The first-order valence-corrected chi connectivity index (χ1v) is 8.45. The first-order valence-electron chi connectivity index (χ1n) is 8.45. The number of halogens is 3. The molecular weight excluding hydrogens is 349 g/mol. The summed E-state index contributed by atoms with van der Waals surface area (Å²) in [7, 11) is 0. The van der Waals surface area contributed by atoms with Gasteiger partial charge in [-0.1, -0.05) is 12.1 Å². The van der Waals surface area contributed by atoms with Crippen molar-refractivity contribution in [1.82, 2.24) is 4.90 Å². The average Bonchev–Trinajstić information content (AvgIpc) is 2.53. The summed E-state index contributed by atoms with van der Waals surface area (Å²) in [6.07, 6.45) is -2.38. The smallest absolute Gasteiger partial charge is 0.410 e. The SMILES string of the molecule is C[C@@H](N)c1cccc(C(F)(F)C2CN(C(=O)OC(C)(C)C)CCO2)c1F. The van der Waals surface area contributed by atoms with Crippen molar-refractivity contribution in [2.75, 3.05) is 19.7 Å².